The Hall–Kier alpha value is -3.16. The average Bonchev–Trinajstić information content (AvgIpc) is 2.82. The Morgan fingerprint density at radius 1 is 0.483 bits per heavy atom. The van der Waals surface area contributed by atoms with E-state index >= 15 is 0 Å². The first-order valence-corrected chi connectivity index (χ1v) is 10.2. The van der Waals surface area contributed by atoms with Crippen LogP contribution in [0.5, 0.6) is 0 Å². The number of rotatable bonds is 6. The molecular weight excluding hydrogens is 350 g/mol. The van der Waals surface area contributed by atoms with Gasteiger partial charge in [0.15, 0.2) is 0 Å². The molecule has 1 N–H and O–H groups in total. The Morgan fingerprint density at radius 2 is 0.793 bits per heavy atom. The van der Waals surface area contributed by atoms with Gasteiger partial charge < -0.3 is 5.32 Å². The van der Waals surface area contributed by atoms with Gasteiger partial charge in [-0.25, -0.2) is 0 Å². The molecule has 0 heterocycles. The SMILES string of the molecule is CC(c1ccccc1)c1ccccc1.c1ccc(CNCc2ccccc2)cc1. The monoisotopic (exact) mass is 379 g/mol. The average molecular weight is 380 g/mol. The number of hydrogen-bond donors (Lipinski definition) is 1. The van der Waals surface area contributed by atoms with Gasteiger partial charge in [0.1, 0.15) is 0 Å². The van der Waals surface area contributed by atoms with Crippen LogP contribution in [0.25, 0.3) is 0 Å². The molecule has 0 amide bonds. The van der Waals surface area contributed by atoms with E-state index < -0.39 is 0 Å². The van der Waals surface area contributed by atoms with E-state index in [1.54, 1.807) is 0 Å². The first-order chi connectivity index (χ1) is 14.3. The Morgan fingerprint density at radius 3 is 1.14 bits per heavy atom. The molecule has 0 aliphatic carbocycles. The second kappa shape index (κ2) is 11.6. The third kappa shape index (κ3) is 7.06. The molecule has 1 nitrogen and oxygen atoms in total. The summed E-state index contributed by atoms with van der Waals surface area (Å²) >= 11 is 0. The fourth-order valence-electron chi connectivity index (χ4n) is 3.22. The molecule has 0 aliphatic heterocycles. The van der Waals surface area contributed by atoms with Gasteiger partial charge in [0.25, 0.3) is 0 Å². The fraction of sp³-hybridized carbons (Fsp3) is 0.143. The normalized spacial score (nSPS) is 10.3. The molecule has 1 heteroatoms. The van der Waals surface area contributed by atoms with Crippen molar-refractivity contribution < 1.29 is 0 Å². The maximum Gasteiger partial charge on any atom is 0.0208 e. The first-order valence-electron chi connectivity index (χ1n) is 10.2. The minimum Gasteiger partial charge on any atom is -0.309 e. The molecule has 0 fully saturated rings. The Kier molecular flexibility index (Phi) is 8.25. The topological polar surface area (TPSA) is 12.0 Å². The van der Waals surface area contributed by atoms with Gasteiger partial charge in [0.2, 0.25) is 0 Å². The maximum atomic E-state index is 3.42. The molecule has 146 valence electrons. The van der Waals surface area contributed by atoms with Gasteiger partial charge in [-0.3, -0.25) is 0 Å². The van der Waals surface area contributed by atoms with Gasteiger partial charge in [0.05, 0.1) is 0 Å². The highest BCUT2D eigenvalue weighted by Crippen LogP contribution is 2.22. The molecule has 0 spiro atoms. The van der Waals surface area contributed by atoms with E-state index in [2.05, 4.69) is 121 Å². The fourth-order valence-corrected chi connectivity index (χ4v) is 3.22. The quantitative estimate of drug-likeness (QED) is 0.388. The summed E-state index contributed by atoms with van der Waals surface area (Å²) in [6.07, 6.45) is 0. The Bertz CT molecular complexity index is 840. The van der Waals surface area contributed by atoms with Crippen LogP contribution in [0.1, 0.15) is 35.1 Å². The van der Waals surface area contributed by atoms with Crippen LogP contribution in [0.15, 0.2) is 121 Å². The molecule has 0 bridgehead atoms. The predicted molar refractivity (Wildman–Crippen MR) is 124 cm³/mol. The lowest BCUT2D eigenvalue weighted by Crippen LogP contribution is -2.12. The van der Waals surface area contributed by atoms with Crippen molar-refractivity contribution in [2.24, 2.45) is 0 Å². The molecule has 0 radical (unpaired) electrons. The predicted octanol–water partition coefficient (Wildman–Crippen LogP) is 6.81. The van der Waals surface area contributed by atoms with E-state index in [-0.39, 0.29) is 0 Å². The van der Waals surface area contributed by atoms with Gasteiger partial charge in [-0.1, -0.05) is 128 Å². The smallest absolute Gasteiger partial charge is 0.0208 e. The highest BCUT2D eigenvalue weighted by atomic mass is 14.8. The lowest BCUT2D eigenvalue weighted by atomic mass is 9.93. The summed E-state index contributed by atoms with van der Waals surface area (Å²) in [5.41, 5.74) is 5.40. The molecule has 4 aromatic rings. The van der Waals surface area contributed by atoms with Crippen LogP contribution < -0.4 is 5.32 Å². The van der Waals surface area contributed by atoms with E-state index in [0.29, 0.717) is 5.92 Å². The summed E-state index contributed by atoms with van der Waals surface area (Å²) in [6, 6.07) is 42.1. The summed E-state index contributed by atoms with van der Waals surface area (Å²) in [4.78, 5) is 0. The minimum absolute atomic E-state index is 0.484. The van der Waals surface area contributed by atoms with Crippen molar-refractivity contribution in [3.05, 3.63) is 144 Å². The van der Waals surface area contributed by atoms with Gasteiger partial charge in [-0.2, -0.15) is 0 Å². The maximum absolute atomic E-state index is 3.42. The zero-order valence-electron chi connectivity index (χ0n) is 17.0. The highest BCUT2D eigenvalue weighted by molar-refractivity contribution is 5.31. The molecule has 4 rings (SSSR count). The second-order valence-electron chi connectivity index (χ2n) is 7.12. The van der Waals surface area contributed by atoms with Crippen LogP contribution in [-0.2, 0) is 13.1 Å². The second-order valence-corrected chi connectivity index (χ2v) is 7.12. The van der Waals surface area contributed by atoms with E-state index in [9.17, 15) is 0 Å². The van der Waals surface area contributed by atoms with Crippen LogP contribution in [0.2, 0.25) is 0 Å². The van der Waals surface area contributed by atoms with E-state index in [1.807, 2.05) is 12.1 Å². The summed E-state index contributed by atoms with van der Waals surface area (Å²) in [6.45, 7) is 4.09. The molecule has 0 aromatic heterocycles. The van der Waals surface area contributed by atoms with Crippen molar-refractivity contribution in [1.29, 1.82) is 0 Å². The number of nitrogens with one attached hydrogen (secondary N) is 1. The van der Waals surface area contributed by atoms with Gasteiger partial charge in [-0.05, 0) is 22.3 Å². The molecule has 0 unspecified atom stereocenters. The summed E-state index contributed by atoms with van der Waals surface area (Å²) < 4.78 is 0. The summed E-state index contributed by atoms with van der Waals surface area (Å²) in [5, 5.41) is 3.42. The molecule has 0 saturated carbocycles. The Balaban J connectivity index is 0.000000166. The molecule has 4 aromatic carbocycles. The van der Waals surface area contributed by atoms with Crippen molar-refractivity contribution in [3.8, 4) is 0 Å². The van der Waals surface area contributed by atoms with Crippen LogP contribution in [-0.4, -0.2) is 0 Å². The van der Waals surface area contributed by atoms with Gasteiger partial charge in [0, 0.05) is 19.0 Å². The summed E-state index contributed by atoms with van der Waals surface area (Å²) in [5.74, 6) is 0.484. The molecule has 0 saturated heterocycles. The Labute approximate surface area is 175 Å². The minimum atomic E-state index is 0.484. The zero-order valence-corrected chi connectivity index (χ0v) is 17.0. The third-order valence-corrected chi connectivity index (χ3v) is 4.94. The lowest BCUT2D eigenvalue weighted by molar-refractivity contribution is 0.693. The van der Waals surface area contributed by atoms with E-state index in [0.717, 1.165) is 13.1 Å². The molecular formula is C28H29N. The lowest BCUT2D eigenvalue weighted by Gasteiger charge is -2.11. The van der Waals surface area contributed by atoms with Crippen LogP contribution in [0, 0.1) is 0 Å². The molecule has 0 aliphatic rings. The van der Waals surface area contributed by atoms with Crippen molar-refractivity contribution in [2.45, 2.75) is 25.9 Å². The zero-order chi connectivity index (χ0) is 20.2. The van der Waals surface area contributed by atoms with Crippen LogP contribution in [0.4, 0.5) is 0 Å². The molecule has 29 heavy (non-hydrogen) atoms. The van der Waals surface area contributed by atoms with Gasteiger partial charge >= 0.3 is 0 Å². The highest BCUT2D eigenvalue weighted by Gasteiger charge is 2.05. The third-order valence-electron chi connectivity index (χ3n) is 4.94. The number of benzene rings is 4. The largest absolute Gasteiger partial charge is 0.309 e. The number of hydrogen-bond acceptors (Lipinski definition) is 1. The first kappa shape index (κ1) is 20.6. The van der Waals surface area contributed by atoms with Crippen LogP contribution >= 0.6 is 0 Å². The van der Waals surface area contributed by atoms with Crippen molar-refractivity contribution in [1.82, 2.24) is 5.32 Å². The molecule has 0 atom stereocenters. The van der Waals surface area contributed by atoms with Crippen LogP contribution in [0.3, 0.4) is 0 Å². The van der Waals surface area contributed by atoms with Crippen molar-refractivity contribution in [3.63, 3.8) is 0 Å². The van der Waals surface area contributed by atoms with Crippen molar-refractivity contribution in [2.75, 3.05) is 0 Å². The van der Waals surface area contributed by atoms with E-state index in [1.165, 1.54) is 22.3 Å². The van der Waals surface area contributed by atoms with Crippen molar-refractivity contribution >= 4 is 0 Å². The van der Waals surface area contributed by atoms with E-state index in [4.69, 9.17) is 0 Å². The standard InChI is InChI=1S/C14H15N.C14H14/c1-3-7-13(8-4-1)11-15-12-14-9-5-2-6-10-14;1-12(13-8-4-2-5-9-13)14-10-6-3-7-11-14/h1-10,15H,11-12H2;2-12H,1H3. The summed E-state index contributed by atoms with van der Waals surface area (Å²) in [7, 11) is 0. The van der Waals surface area contributed by atoms with Gasteiger partial charge in [-0.15, -0.1) is 0 Å².